The summed E-state index contributed by atoms with van der Waals surface area (Å²) >= 11 is 0. The van der Waals surface area contributed by atoms with Gasteiger partial charge < -0.3 is 10.1 Å². The summed E-state index contributed by atoms with van der Waals surface area (Å²) in [6.07, 6.45) is 1.71. The van der Waals surface area contributed by atoms with E-state index >= 15 is 0 Å². The molecule has 0 fully saturated rings. The Morgan fingerprint density at radius 1 is 1.35 bits per heavy atom. The summed E-state index contributed by atoms with van der Waals surface area (Å²) in [5, 5.41) is 3.20. The summed E-state index contributed by atoms with van der Waals surface area (Å²) < 4.78 is 4.98. The average Bonchev–Trinajstić information content (AvgIpc) is 2.46. The topological polar surface area (TPSA) is 64.1 Å². The number of benzene rings is 1. The van der Waals surface area contributed by atoms with Gasteiger partial charge in [-0.1, -0.05) is 12.1 Å². The van der Waals surface area contributed by atoms with Crippen molar-refractivity contribution in [2.75, 3.05) is 11.9 Å². The fourth-order valence-corrected chi connectivity index (χ4v) is 1.77. The third-order valence-electron chi connectivity index (χ3n) is 2.69. The highest BCUT2D eigenvalue weighted by Gasteiger charge is 2.06. The van der Waals surface area contributed by atoms with Crippen molar-refractivity contribution in [3.63, 3.8) is 0 Å². The number of carbonyl (C=O) groups excluding carboxylic acids is 1. The first kappa shape index (κ1) is 14.0. The first-order valence-electron chi connectivity index (χ1n) is 6.48. The molecule has 1 aromatic heterocycles. The minimum absolute atomic E-state index is 0.299. The maximum Gasteiger partial charge on any atom is 0.338 e. The van der Waals surface area contributed by atoms with E-state index < -0.39 is 0 Å². The Labute approximate surface area is 118 Å². The summed E-state index contributed by atoms with van der Waals surface area (Å²) in [6.45, 7) is 4.60. The largest absolute Gasteiger partial charge is 0.462 e. The zero-order valence-corrected chi connectivity index (χ0v) is 11.6. The van der Waals surface area contributed by atoms with Crippen LogP contribution < -0.4 is 5.32 Å². The van der Waals surface area contributed by atoms with Gasteiger partial charge in [-0.15, -0.1) is 0 Å². The number of rotatable bonds is 5. The van der Waals surface area contributed by atoms with E-state index in [1.807, 2.05) is 31.2 Å². The lowest BCUT2D eigenvalue weighted by Gasteiger charge is -2.07. The molecular formula is C15H17N3O2. The SMILES string of the molecule is CCOC(=O)c1cccc(CNc2ccnc(C)n2)c1. The van der Waals surface area contributed by atoms with E-state index in [0.29, 0.717) is 18.7 Å². The van der Waals surface area contributed by atoms with Crippen LogP contribution in [0, 0.1) is 6.92 Å². The zero-order chi connectivity index (χ0) is 14.4. The van der Waals surface area contributed by atoms with Crippen LogP contribution in [0.2, 0.25) is 0 Å². The molecule has 104 valence electrons. The van der Waals surface area contributed by atoms with Gasteiger partial charge in [0.05, 0.1) is 12.2 Å². The number of carbonyl (C=O) groups is 1. The molecule has 0 saturated heterocycles. The third kappa shape index (κ3) is 3.78. The lowest BCUT2D eigenvalue weighted by atomic mass is 10.1. The Morgan fingerprint density at radius 2 is 2.20 bits per heavy atom. The van der Waals surface area contributed by atoms with E-state index in [1.54, 1.807) is 19.2 Å². The summed E-state index contributed by atoms with van der Waals surface area (Å²) in [5.74, 6) is 1.18. The molecule has 0 aliphatic carbocycles. The fourth-order valence-electron chi connectivity index (χ4n) is 1.77. The lowest BCUT2D eigenvalue weighted by Crippen LogP contribution is -2.07. The number of nitrogens with zero attached hydrogens (tertiary/aromatic N) is 2. The highest BCUT2D eigenvalue weighted by atomic mass is 16.5. The minimum Gasteiger partial charge on any atom is -0.462 e. The average molecular weight is 271 g/mol. The molecule has 20 heavy (non-hydrogen) atoms. The third-order valence-corrected chi connectivity index (χ3v) is 2.69. The van der Waals surface area contributed by atoms with Crippen LogP contribution in [0.1, 0.15) is 28.7 Å². The van der Waals surface area contributed by atoms with Crippen molar-refractivity contribution < 1.29 is 9.53 Å². The van der Waals surface area contributed by atoms with Gasteiger partial charge in [0, 0.05) is 12.7 Å². The van der Waals surface area contributed by atoms with E-state index in [0.717, 1.165) is 17.2 Å². The van der Waals surface area contributed by atoms with Crippen LogP contribution >= 0.6 is 0 Å². The first-order valence-corrected chi connectivity index (χ1v) is 6.48. The highest BCUT2D eigenvalue weighted by molar-refractivity contribution is 5.89. The van der Waals surface area contributed by atoms with Crippen LogP contribution in [0.15, 0.2) is 36.5 Å². The van der Waals surface area contributed by atoms with Crippen molar-refractivity contribution in [2.24, 2.45) is 0 Å². The molecule has 5 heteroatoms. The molecule has 0 aliphatic heterocycles. The van der Waals surface area contributed by atoms with Crippen LogP contribution in [-0.2, 0) is 11.3 Å². The maximum absolute atomic E-state index is 11.7. The van der Waals surface area contributed by atoms with Gasteiger partial charge in [-0.05, 0) is 37.6 Å². The minimum atomic E-state index is -0.299. The second-order valence-electron chi connectivity index (χ2n) is 4.26. The van der Waals surface area contributed by atoms with Gasteiger partial charge in [-0.3, -0.25) is 0 Å². The molecule has 1 heterocycles. The van der Waals surface area contributed by atoms with Crippen LogP contribution in [0.3, 0.4) is 0 Å². The molecule has 0 saturated carbocycles. The predicted octanol–water partition coefficient (Wildman–Crippen LogP) is 2.57. The summed E-state index contributed by atoms with van der Waals surface area (Å²) in [6, 6.07) is 9.16. The van der Waals surface area contributed by atoms with Crippen molar-refractivity contribution in [3.8, 4) is 0 Å². The van der Waals surface area contributed by atoms with Crippen LogP contribution in [0.5, 0.6) is 0 Å². The van der Waals surface area contributed by atoms with Gasteiger partial charge in [0.1, 0.15) is 11.6 Å². The van der Waals surface area contributed by atoms with Gasteiger partial charge in [-0.25, -0.2) is 14.8 Å². The number of aryl methyl sites for hydroxylation is 1. The number of hydrogen-bond acceptors (Lipinski definition) is 5. The van der Waals surface area contributed by atoms with Crippen LogP contribution in [0.25, 0.3) is 0 Å². The summed E-state index contributed by atoms with van der Waals surface area (Å²) in [5.41, 5.74) is 1.55. The van der Waals surface area contributed by atoms with E-state index in [2.05, 4.69) is 15.3 Å². The van der Waals surface area contributed by atoms with Crippen LogP contribution in [-0.4, -0.2) is 22.5 Å². The Bertz CT molecular complexity index is 599. The summed E-state index contributed by atoms with van der Waals surface area (Å²) in [4.78, 5) is 20.0. The molecule has 1 aromatic carbocycles. The van der Waals surface area contributed by atoms with Gasteiger partial charge in [0.25, 0.3) is 0 Å². The van der Waals surface area contributed by atoms with Crippen molar-refractivity contribution in [1.29, 1.82) is 0 Å². The molecule has 1 N–H and O–H groups in total. The molecule has 0 unspecified atom stereocenters. The number of ether oxygens (including phenoxy) is 1. The van der Waals surface area contributed by atoms with E-state index in [9.17, 15) is 4.79 Å². The molecule has 0 bridgehead atoms. The second kappa shape index (κ2) is 6.65. The number of anilines is 1. The Hall–Kier alpha value is -2.43. The Kier molecular flexibility index (Phi) is 4.65. The molecular weight excluding hydrogens is 254 g/mol. The van der Waals surface area contributed by atoms with Crippen molar-refractivity contribution in [2.45, 2.75) is 20.4 Å². The highest BCUT2D eigenvalue weighted by Crippen LogP contribution is 2.09. The number of nitrogens with one attached hydrogen (secondary N) is 1. The Morgan fingerprint density at radius 3 is 2.95 bits per heavy atom. The molecule has 2 rings (SSSR count). The van der Waals surface area contributed by atoms with E-state index in [-0.39, 0.29) is 5.97 Å². The van der Waals surface area contributed by atoms with Gasteiger partial charge in [0.2, 0.25) is 0 Å². The monoisotopic (exact) mass is 271 g/mol. The molecule has 0 spiro atoms. The molecule has 0 radical (unpaired) electrons. The first-order chi connectivity index (χ1) is 9.69. The maximum atomic E-state index is 11.7. The van der Waals surface area contributed by atoms with Gasteiger partial charge in [0.15, 0.2) is 0 Å². The lowest BCUT2D eigenvalue weighted by molar-refractivity contribution is 0.0526. The van der Waals surface area contributed by atoms with E-state index in [4.69, 9.17) is 4.74 Å². The summed E-state index contributed by atoms with van der Waals surface area (Å²) in [7, 11) is 0. The smallest absolute Gasteiger partial charge is 0.338 e. The van der Waals surface area contributed by atoms with Gasteiger partial charge >= 0.3 is 5.97 Å². The zero-order valence-electron chi connectivity index (χ0n) is 11.6. The quantitative estimate of drug-likeness (QED) is 0.847. The molecule has 0 atom stereocenters. The predicted molar refractivity (Wildman–Crippen MR) is 76.5 cm³/mol. The Balaban J connectivity index is 2.03. The van der Waals surface area contributed by atoms with Crippen molar-refractivity contribution >= 4 is 11.8 Å². The molecule has 5 nitrogen and oxygen atoms in total. The van der Waals surface area contributed by atoms with Crippen LogP contribution in [0.4, 0.5) is 5.82 Å². The standard InChI is InChI=1S/C15H17N3O2/c1-3-20-15(19)13-6-4-5-12(9-13)10-17-14-7-8-16-11(2)18-14/h4-9H,3,10H2,1-2H3,(H,16,17,18). The second-order valence-corrected chi connectivity index (χ2v) is 4.26. The molecule has 2 aromatic rings. The van der Waals surface area contributed by atoms with Gasteiger partial charge in [-0.2, -0.15) is 0 Å². The van der Waals surface area contributed by atoms with E-state index in [1.165, 1.54) is 0 Å². The molecule has 0 amide bonds. The van der Waals surface area contributed by atoms with Crippen molar-refractivity contribution in [1.82, 2.24) is 9.97 Å². The fraction of sp³-hybridized carbons (Fsp3) is 0.267. The molecule has 0 aliphatic rings. The number of aromatic nitrogens is 2. The number of hydrogen-bond donors (Lipinski definition) is 1. The number of esters is 1. The van der Waals surface area contributed by atoms with Crippen molar-refractivity contribution in [3.05, 3.63) is 53.5 Å². The normalized spacial score (nSPS) is 10.1.